The van der Waals surface area contributed by atoms with Crippen LogP contribution < -0.4 is 31.0 Å². The number of methoxy groups -OCH3 is 1. The van der Waals surface area contributed by atoms with Gasteiger partial charge in [0.25, 0.3) is 5.91 Å². The van der Waals surface area contributed by atoms with E-state index < -0.39 is 0 Å². The Morgan fingerprint density at radius 2 is 1.76 bits per heavy atom. The number of aromatic nitrogens is 5. The van der Waals surface area contributed by atoms with Gasteiger partial charge in [0, 0.05) is 49.7 Å². The van der Waals surface area contributed by atoms with Crippen molar-refractivity contribution in [3.05, 3.63) is 77.4 Å². The molecule has 0 atom stereocenters. The largest absolute Gasteiger partial charge is 0.497 e. The maximum atomic E-state index is 12.7. The third-order valence-corrected chi connectivity index (χ3v) is 6.88. The van der Waals surface area contributed by atoms with Crippen molar-refractivity contribution in [2.24, 2.45) is 0 Å². The van der Waals surface area contributed by atoms with E-state index in [9.17, 15) is 4.79 Å². The van der Waals surface area contributed by atoms with Gasteiger partial charge in [-0.05, 0) is 78.0 Å². The Kier molecular flexibility index (Phi) is 10.6. The molecule has 4 aromatic rings. The van der Waals surface area contributed by atoms with E-state index in [0.717, 1.165) is 50.6 Å². The van der Waals surface area contributed by atoms with Crippen LogP contribution in [0.5, 0.6) is 5.75 Å². The number of rotatable bonds is 10. The topological polar surface area (TPSA) is 113 Å². The summed E-state index contributed by atoms with van der Waals surface area (Å²) in [5.74, 6) is 1.25. The number of allylic oxidation sites excluding steroid dienone is 1. The van der Waals surface area contributed by atoms with Crippen molar-refractivity contribution in [1.82, 2.24) is 35.2 Å². The quantitative estimate of drug-likeness (QED) is 0.278. The molecule has 1 saturated heterocycles. The lowest BCUT2D eigenvalue weighted by molar-refractivity contribution is 0.0951. The minimum absolute atomic E-state index is 0.0950. The normalized spacial score (nSPS) is 13.8. The zero-order chi connectivity index (χ0) is 29.9. The van der Waals surface area contributed by atoms with Crippen molar-refractivity contribution in [2.75, 3.05) is 56.6 Å². The van der Waals surface area contributed by atoms with Crippen molar-refractivity contribution in [1.29, 1.82) is 0 Å². The second-order valence-electron chi connectivity index (χ2n) is 9.45. The molecule has 0 bridgehead atoms. The van der Waals surface area contributed by atoms with Gasteiger partial charge in [0.05, 0.1) is 17.8 Å². The Morgan fingerprint density at radius 1 is 1.05 bits per heavy atom. The average Bonchev–Trinajstić information content (AvgIpc) is 3.53. The first-order valence-corrected chi connectivity index (χ1v) is 14.2. The Bertz CT molecular complexity index is 1580. The highest BCUT2D eigenvalue weighted by Crippen LogP contribution is 2.20. The molecule has 2 N–H and O–H groups in total. The Labute approximate surface area is 246 Å². The van der Waals surface area contributed by atoms with Crippen LogP contribution in [0.25, 0.3) is 18.3 Å². The number of nitrogens with zero attached hydrogens (tertiary/aromatic N) is 7. The molecule has 0 saturated carbocycles. The maximum absolute atomic E-state index is 12.7. The summed E-state index contributed by atoms with van der Waals surface area (Å²) in [6, 6.07) is 15.4. The van der Waals surface area contributed by atoms with Gasteiger partial charge in [-0.2, -0.15) is 4.52 Å². The van der Waals surface area contributed by atoms with E-state index in [0.29, 0.717) is 34.3 Å². The zero-order valence-corrected chi connectivity index (χ0v) is 24.6. The second-order valence-corrected chi connectivity index (χ2v) is 9.45. The first kappa shape index (κ1) is 30.2. The highest BCUT2D eigenvalue weighted by Gasteiger charge is 2.17. The number of carbonyl (C=O) groups excluding carboxylic acids is 1. The predicted molar refractivity (Wildman–Crippen MR) is 168 cm³/mol. The number of piperazine rings is 1. The van der Waals surface area contributed by atoms with Crippen LogP contribution in [0.2, 0.25) is 0 Å². The van der Waals surface area contributed by atoms with Crippen LogP contribution in [0.3, 0.4) is 0 Å². The van der Waals surface area contributed by atoms with Crippen LogP contribution in [0.1, 0.15) is 30.6 Å². The molecule has 11 heteroatoms. The van der Waals surface area contributed by atoms with Crippen molar-refractivity contribution in [2.45, 2.75) is 20.3 Å². The highest BCUT2D eigenvalue weighted by molar-refractivity contribution is 5.94. The lowest BCUT2D eigenvalue weighted by Crippen LogP contribution is -2.47. The molecule has 220 valence electrons. The number of anilines is 3. The number of hydrogen-bond acceptors (Lipinski definition) is 9. The summed E-state index contributed by atoms with van der Waals surface area (Å²) in [5, 5.41) is 19.2. The molecule has 11 nitrogen and oxygen atoms in total. The molecule has 0 radical (unpaired) electrons. The number of carbonyl (C=O) groups is 1. The summed E-state index contributed by atoms with van der Waals surface area (Å²) in [7, 11) is 1.68. The van der Waals surface area contributed by atoms with Gasteiger partial charge in [-0.1, -0.05) is 33.1 Å². The van der Waals surface area contributed by atoms with Gasteiger partial charge < -0.3 is 20.3 Å². The minimum Gasteiger partial charge on any atom is -0.497 e. The fourth-order valence-corrected chi connectivity index (χ4v) is 4.69. The van der Waals surface area contributed by atoms with E-state index in [1.165, 1.54) is 5.69 Å². The lowest BCUT2D eigenvalue weighted by Gasteiger charge is -2.36. The van der Waals surface area contributed by atoms with Gasteiger partial charge in [-0.15, -0.1) is 5.10 Å². The smallest absolute Gasteiger partial charge is 0.251 e. The maximum Gasteiger partial charge on any atom is 0.251 e. The van der Waals surface area contributed by atoms with Crippen LogP contribution in [0, 0.1) is 0 Å². The molecule has 2 aromatic carbocycles. The van der Waals surface area contributed by atoms with Crippen LogP contribution in [0.4, 0.5) is 17.2 Å². The van der Waals surface area contributed by atoms with Gasteiger partial charge >= 0.3 is 0 Å². The van der Waals surface area contributed by atoms with Crippen molar-refractivity contribution in [3.63, 3.8) is 0 Å². The van der Waals surface area contributed by atoms with Gasteiger partial charge in [-0.3, -0.25) is 9.69 Å². The summed E-state index contributed by atoms with van der Waals surface area (Å²) in [5.41, 5.74) is 3.03. The number of fused-ring (bicyclic) bond motifs is 1. The van der Waals surface area contributed by atoms with Crippen molar-refractivity contribution < 1.29 is 9.53 Å². The number of benzene rings is 2. The SMILES string of the molecule is C=C/C=c1\c(=C)nc(Nc2ccc(C(=O)NCCCN3CCN(c4ccc(OC)cc4)CC3)cc2)c2nnnn12.CC. The molecule has 1 aliphatic rings. The molecule has 0 spiro atoms. The molecule has 2 aromatic heterocycles. The molecule has 1 amide bonds. The Morgan fingerprint density at radius 3 is 2.43 bits per heavy atom. The molecule has 0 unspecified atom stereocenters. The zero-order valence-electron chi connectivity index (χ0n) is 24.6. The van der Waals surface area contributed by atoms with Crippen LogP contribution >= 0.6 is 0 Å². The number of hydrogen-bond donors (Lipinski definition) is 2. The van der Waals surface area contributed by atoms with Crippen molar-refractivity contribution in [3.8, 4) is 5.75 Å². The minimum atomic E-state index is -0.0950. The van der Waals surface area contributed by atoms with Crippen LogP contribution in [0.15, 0.2) is 61.2 Å². The summed E-state index contributed by atoms with van der Waals surface area (Å²) in [6.07, 6.45) is 4.28. The first-order chi connectivity index (χ1) is 20.6. The van der Waals surface area contributed by atoms with Crippen LogP contribution in [-0.4, -0.2) is 82.2 Å². The predicted octanol–water partition coefficient (Wildman–Crippen LogP) is 2.62. The molecular formula is C31H39N9O2. The molecule has 1 fully saturated rings. The fraction of sp³-hybridized carbons (Fsp3) is 0.323. The van der Waals surface area contributed by atoms with Gasteiger partial charge in [0.1, 0.15) is 5.75 Å². The third-order valence-electron chi connectivity index (χ3n) is 6.88. The monoisotopic (exact) mass is 569 g/mol. The highest BCUT2D eigenvalue weighted by atomic mass is 16.5. The van der Waals surface area contributed by atoms with E-state index in [2.05, 4.69) is 66.2 Å². The van der Waals surface area contributed by atoms with Crippen LogP contribution in [-0.2, 0) is 0 Å². The van der Waals surface area contributed by atoms with E-state index in [1.807, 2.05) is 38.1 Å². The second kappa shape index (κ2) is 14.7. The van der Waals surface area contributed by atoms with Gasteiger partial charge in [0.2, 0.25) is 5.65 Å². The fourth-order valence-electron chi connectivity index (χ4n) is 4.69. The van der Waals surface area contributed by atoms with E-state index in [1.54, 1.807) is 35.9 Å². The van der Waals surface area contributed by atoms with E-state index in [4.69, 9.17) is 4.74 Å². The van der Waals surface area contributed by atoms with E-state index >= 15 is 0 Å². The summed E-state index contributed by atoms with van der Waals surface area (Å²) in [4.78, 5) is 22.0. The number of ether oxygens (including phenoxy) is 1. The number of tetrazole rings is 1. The first-order valence-electron chi connectivity index (χ1n) is 14.2. The summed E-state index contributed by atoms with van der Waals surface area (Å²) < 4.78 is 6.81. The molecule has 3 heterocycles. The average molecular weight is 570 g/mol. The standard InChI is InChI=1S/C29H33N9O2.C2H6/c1-4-6-26-21(2)31-27(28-33-34-35-38(26)28)32-23-9-7-22(8-10-23)29(39)30-15-5-16-36-17-19-37(20-18-36)24-11-13-25(40-3)14-12-24;1-2/h4,6-14H,1-2,5,15-20H2,3H3,(H,30,39)(H,31,32);1-2H3/b26-6+;. The Hall–Kier alpha value is -4.77. The molecule has 42 heavy (non-hydrogen) atoms. The van der Waals surface area contributed by atoms with E-state index in [-0.39, 0.29) is 5.91 Å². The molecular weight excluding hydrogens is 530 g/mol. The number of nitrogens with one attached hydrogen (secondary N) is 2. The molecule has 0 aliphatic carbocycles. The number of amides is 1. The van der Waals surface area contributed by atoms with Gasteiger partial charge in [0.15, 0.2) is 5.82 Å². The van der Waals surface area contributed by atoms with Crippen molar-refractivity contribution >= 4 is 41.4 Å². The van der Waals surface area contributed by atoms with Gasteiger partial charge in [-0.25, -0.2) is 4.98 Å². The summed E-state index contributed by atoms with van der Waals surface area (Å²) in [6.45, 7) is 17.3. The molecule has 5 rings (SSSR count). The summed E-state index contributed by atoms with van der Waals surface area (Å²) >= 11 is 0. The lowest BCUT2D eigenvalue weighted by atomic mass is 10.2. The molecule has 1 aliphatic heterocycles. The third kappa shape index (κ3) is 7.29. The Balaban J connectivity index is 0.00000198.